The molecule has 1 unspecified atom stereocenters. The third kappa shape index (κ3) is 6.48. The van der Waals surface area contributed by atoms with Crippen LogP contribution in [0.3, 0.4) is 0 Å². The van der Waals surface area contributed by atoms with Crippen LogP contribution in [0.5, 0.6) is 0 Å². The lowest BCUT2D eigenvalue weighted by Gasteiger charge is -2.16. The van der Waals surface area contributed by atoms with Gasteiger partial charge in [0, 0.05) is 11.7 Å². The highest BCUT2D eigenvalue weighted by Crippen LogP contribution is 2.20. The molecule has 21 heavy (non-hydrogen) atoms. The number of unbranched alkanes of at least 4 members (excludes halogenated alkanes) is 4. The minimum Gasteiger partial charge on any atom is -0.383 e. The number of hydrogen-bond acceptors (Lipinski definition) is 3. The largest absolute Gasteiger partial charge is 0.383 e. The molecule has 0 aliphatic heterocycles. The first kappa shape index (κ1) is 18.0. The molecule has 0 aromatic heterocycles. The molecule has 3 N–H and O–H groups in total. The van der Waals surface area contributed by atoms with Crippen molar-refractivity contribution in [3.63, 3.8) is 0 Å². The Labute approximate surface area is 129 Å². The summed E-state index contributed by atoms with van der Waals surface area (Å²) >= 11 is 0. The minimum absolute atomic E-state index is 0.197. The van der Waals surface area contributed by atoms with Gasteiger partial charge in [-0.25, -0.2) is 13.6 Å². The van der Waals surface area contributed by atoms with E-state index in [-0.39, 0.29) is 4.90 Å². The molecule has 0 fully saturated rings. The number of nitrogens with one attached hydrogen (secondary N) is 1. The molecule has 4 nitrogen and oxygen atoms in total. The maximum atomic E-state index is 11.5. The first-order chi connectivity index (χ1) is 9.84. The fourth-order valence-electron chi connectivity index (χ4n) is 2.41. The van der Waals surface area contributed by atoms with E-state index in [0.29, 0.717) is 11.6 Å². The molecule has 1 aromatic carbocycles. The molecule has 0 aliphatic carbocycles. The van der Waals surface area contributed by atoms with Crippen molar-refractivity contribution < 1.29 is 8.42 Å². The van der Waals surface area contributed by atoms with Crippen molar-refractivity contribution in [3.05, 3.63) is 23.8 Å². The van der Waals surface area contributed by atoms with Crippen molar-refractivity contribution in [1.29, 1.82) is 0 Å². The molecule has 0 saturated carbocycles. The number of benzene rings is 1. The molecule has 0 spiro atoms. The van der Waals surface area contributed by atoms with Crippen LogP contribution in [-0.4, -0.2) is 14.5 Å². The van der Waals surface area contributed by atoms with Crippen molar-refractivity contribution in [2.45, 2.75) is 70.2 Å². The average molecular weight is 312 g/mol. The molecule has 120 valence electrons. The quantitative estimate of drug-likeness (QED) is 0.681. The van der Waals surface area contributed by atoms with Gasteiger partial charge >= 0.3 is 0 Å². The van der Waals surface area contributed by atoms with E-state index in [1.165, 1.54) is 32.1 Å². The minimum atomic E-state index is -3.66. The van der Waals surface area contributed by atoms with Gasteiger partial charge in [-0.05, 0) is 38.0 Å². The Hall–Kier alpha value is -1.07. The van der Waals surface area contributed by atoms with Crippen molar-refractivity contribution in [2.75, 3.05) is 5.32 Å². The van der Waals surface area contributed by atoms with E-state index in [1.807, 2.05) is 6.07 Å². The molecule has 1 aromatic rings. The maximum absolute atomic E-state index is 11.5. The van der Waals surface area contributed by atoms with Gasteiger partial charge in [0.2, 0.25) is 10.0 Å². The topological polar surface area (TPSA) is 72.2 Å². The van der Waals surface area contributed by atoms with Crippen LogP contribution in [0, 0.1) is 6.92 Å². The lowest BCUT2D eigenvalue weighted by molar-refractivity contribution is 0.578. The molecule has 1 atom stereocenters. The Morgan fingerprint density at radius 3 is 2.48 bits per heavy atom. The summed E-state index contributed by atoms with van der Waals surface area (Å²) in [5, 5.41) is 8.58. The Morgan fingerprint density at radius 2 is 1.86 bits per heavy atom. The van der Waals surface area contributed by atoms with Crippen LogP contribution in [0.2, 0.25) is 0 Å². The molecule has 1 rings (SSSR count). The predicted molar refractivity (Wildman–Crippen MR) is 89.0 cm³/mol. The molecular formula is C16H28N2O2S. The molecule has 0 radical (unpaired) electrons. The summed E-state index contributed by atoms with van der Waals surface area (Å²) in [6, 6.07) is 5.63. The van der Waals surface area contributed by atoms with Crippen molar-refractivity contribution in [3.8, 4) is 0 Å². The Morgan fingerprint density at radius 1 is 1.19 bits per heavy atom. The lowest BCUT2D eigenvalue weighted by atomic mass is 10.1. The molecule has 0 bridgehead atoms. The zero-order chi connectivity index (χ0) is 15.9. The molecule has 5 heteroatoms. The predicted octanol–water partition coefficient (Wildman–Crippen LogP) is 3.80. The highest BCUT2D eigenvalue weighted by atomic mass is 32.2. The third-order valence-corrected chi connectivity index (χ3v) is 4.70. The van der Waals surface area contributed by atoms with Crippen LogP contribution in [0.1, 0.15) is 57.9 Å². The normalized spacial score (nSPS) is 13.1. The van der Waals surface area contributed by atoms with Crippen molar-refractivity contribution in [2.24, 2.45) is 5.14 Å². The number of nitrogens with two attached hydrogens (primary N) is 1. The number of anilines is 1. The molecule has 0 saturated heterocycles. The zero-order valence-corrected chi connectivity index (χ0v) is 14.2. The second-order valence-corrected chi connectivity index (χ2v) is 7.30. The van der Waals surface area contributed by atoms with Gasteiger partial charge in [0.25, 0.3) is 0 Å². The van der Waals surface area contributed by atoms with Gasteiger partial charge in [0.05, 0.1) is 4.90 Å². The van der Waals surface area contributed by atoms with Gasteiger partial charge in [-0.15, -0.1) is 0 Å². The van der Waals surface area contributed by atoms with Crippen LogP contribution in [0.15, 0.2) is 23.1 Å². The zero-order valence-electron chi connectivity index (χ0n) is 13.4. The van der Waals surface area contributed by atoms with Gasteiger partial charge in [0.1, 0.15) is 0 Å². The second-order valence-electron chi connectivity index (χ2n) is 5.77. The summed E-state index contributed by atoms with van der Waals surface area (Å²) in [7, 11) is -3.66. The first-order valence-corrected chi connectivity index (χ1v) is 9.29. The highest BCUT2D eigenvalue weighted by molar-refractivity contribution is 7.89. The first-order valence-electron chi connectivity index (χ1n) is 7.74. The number of rotatable bonds is 9. The maximum Gasteiger partial charge on any atom is 0.238 e. The van der Waals surface area contributed by atoms with Crippen molar-refractivity contribution in [1.82, 2.24) is 0 Å². The van der Waals surface area contributed by atoms with E-state index < -0.39 is 10.0 Å². The number of aryl methyl sites for hydroxylation is 1. The Kier molecular flexibility index (Phi) is 7.18. The SMILES string of the molecule is CCCCCCCC(C)Nc1ccc(C)c(S(N)(=O)=O)c1. The van der Waals surface area contributed by atoms with Gasteiger partial charge in [-0.3, -0.25) is 0 Å². The van der Waals surface area contributed by atoms with E-state index in [2.05, 4.69) is 19.2 Å². The van der Waals surface area contributed by atoms with Gasteiger partial charge in [-0.2, -0.15) is 0 Å². The summed E-state index contributed by atoms with van der Waals surface area (Å²) in [6.07, 6.45) is 7.40. The molecular weight excluding hydrogens is 284 g/mol. The monoisotopic (exact) mass is 312 g/mol. The van der Waals surface area contributed by atoms with Crippen LogP contribution in [-0.2, 0) is 10.0 Å². The lowest BCUT2D eigenvalue weighted by Crippen LogP contribution is -2.17. The smallest absolute Gasteiger partial charge is 0.238 e. The summed E-state index contributed by atoms with van der Waals surface area (Å²) in [5.74, 6) is 0. The fourth-order valence-corrected chi connectivity index (χ4v) is 3.22. The Balaban J connectivity index is 2.55. The number of primary sulfonamides is 1. The third-order valence-electron chi connectivity index (χ3n) is 3.65. The fraction of sp³-hybridized carbons (Fsp3) is 0.625. The van der Waals surface area contributed by atoms with Crippen LogP contribution < -0.4 is 10.5 Å². The van der Waals surface area contributed by atoms with Gasteiger partial charge in [0.15, 0.2) is 0 Å². The summed E-state index contributed by atoms with van der Waals surface area (Å²) in [6.45, 7) is 6.08. The van der Waals surface area contributed by atoms with E-state index in [1.54, 1.807) is 19.1 Å². The second kappa shape index (κ2) is 8.39. The van der Waals surface area contributed by atoms with E-state index >= 15 is 0 Å². The number of hydrogen-bond donors (Lipinski definition) is 2. The standard InChI is InChI=1S/C16H28N2O2S/c1-4-5-6-7-8-9-14(3)18-15-11-10-13(2)16(12-15)21(17,19)20/h10-12,14,18H,4-9H2,1-3H3,(H2,17,19,20). The van der Waals surface area contributed by atoms with Gasteiger partial charge in [-0.1, -0.05) is 45.1 Å². The number of sulfonamides is 1. The molecule has 0 heterocycles. The van der Waals surface area contributed by atoms with E-state index in [9.17, 15) is 8.42 Å². The average Bonchev–Trinajstić information content (AvgIpc) is 2.39. The summed E-state index contributed by atoms with van der Waals surface area (Å²) in [5.41, 5.74) is 1.49. The van der Waals surface area contributed by atoms with Gasteiger partial charge < -0.3 is 5.32 Å². The van der Waals surface area contributed by atoms with Crippen LogP contribution >= 0.6 is 0 Å². The van der Waals surface area contributed by atoms with E-state index in [0.717, 1.165) is 12.1 Å². The van der Waals surface area contributed by atoms with Crippen LogP contribution in [0.4, 0.5) is 5.69 Å². The van der Waals surface area contributed by atoms with E-state index in [4.69, 9.17) is 5.14 Å². The highest BCUT2D eigenvalue weighted by Gasteiger charge is 2.12. The van der Waals surface area contributed by atoms with Crippen molar-refractivity contribution >= 4 is 15.7 Å². The summed E-state index contributed by atoms with van der Waals surface area (Å²) in [4.78, 5) is 0.197. The van der Waals surface area contributed by atoms with Crippen LogP contribution in [0.25, 0.3) is 0 Å². The Bertz CT molecular complexity index is 541. The summed E-state index contributed by atoms with van der Waals surface area (Å²) < 4.78 is 23.0. The molecule has 0 aliphatic rings. The molecule has 0 amide bonds.